The molecule has 2 aliphatic rings. The Morgan fingerprint density at radius 3 is 2.58 bits per heavy atom. The Balaban J connectivity index is 1.52. The highest BCUT2D eigenvalue weighted by Gasteiger charge is 2.21. The monoisotopic (exact) mass is 332 g/mol. The maximum atomic E-state index is 12.3. The standard InChI is InChI=1S/C17H24N4O3/c1-13(20-8-10-24-11-9-20)12-19-16(22)14-2-4-15(5-3-14)21-7-6-18-17(21)23/h2-5,13H,6-12H2,1H3,(H,18,23)(H,19,22)/t13-/m1/s1. The highest BCUT2D eigenvalue weighted by molar-refractivity contribution is 5.97. The van der Waals surface area contributed by atoms with Crippen molar-refractivity contribution in [1.82, 2.24) is 15.5 Å². The first kappa shape index (κ1) is 16.7. The lowest BCUT2D eigenvalue weighted by Gasteiger charge is -2.32. The molecule has 0 aromatic heterocycles. The number of ether oxygens (including phenoxy) is 1. The molecule has 0 radical (unpaired) electrons. The number of nitrogens with zero attached hydrogens (tertiary/aromatic N) is 2. The van der Waals surface area contributed by atoms with Gasteiger partial charge in [0.05, 0.1) is 13.2 Å². The minimum absolute atomic E-state index is 0.0902. The lowest BCUT2D eigenvalue weighted by molar-refractivity contribution is 0.0204. The SMILES string of the molecule is C[C@H](CNC(=O)c1ccc(N2CCNC2=O)cc1)N1CCOCC1. The van der Waals surface area contributed by atoms with Gasteiger partial charge < -0.3 is 15.4 Å². The number of hydrogen-bond donors (Lipinski definition) is 2. The molecule has 0 unspecified atom stereocenters. The van der Waals surface area contributed by atoms with Gasteiger partial charge in [0.25, 0.3) is 5.91 Å². The van der Waals surface area contributed by atoms with Crippen molar-refractivity contribution in [3.05, 3.63) is 29.8 Å². The zero-order chi connectivity index (χ0) is 16.9. The van der Waals surface area contributed by atoms with E-state index in [0.717, 1.165) is 32.0 Å². The first-order chi connectivity index (χ1) is 11.6. The Bertz CT molecular complexity index is 584. The van der Waals surface area contributed by atoms with E-state index in [-0.39, 0.29) is 18.0 Å². The fourth-order valence-corrected chi connectivity index (χ4v) is 3.00. The minimum atomic E-state index is -0.0912. The number of carbonyl (C=O) groups excluding carboxylic acids is 2. The predicted molar refractivity (Wildman–Crippen MR) is 91.4 cm³/mol. The van der Waals surface area contributed by atoms with Crippen molar-refractivity contribution in [2.24, 2.45) is 0 Å². The number of amides is 3. The van der Waals surface area contributed by atoms with E-state index < -0.39 is 0 Å². The van der Waals surface area contributed by atoms with Crippen LogP contribution in [0, 0.1) is 0 Å². The Hall–Kier alpha value is -2.12. The second-order valence-electron chi connectivity index (χ2n) is 6.14. The van der Waals surface area contributed by atoms with Gasteiger partial charge in [0.15, 0.2) is 0 Å². The number of urea groups is 1. The summed E-state index contributed by atoms with van der Waals surface area (Å²) in [5.41, 5.74) is 1.41. The summed E-state index contributed by atoms with van der Waals surface area (Å²) in [6, 6.07) is 7.33. The normalized spacial score (nSPS) is 19.9. The van der Waals surface area contributed by atoms with Gasteiger partial charge >= 0.3 is 6.03 Å². The third-order valence-corrected chi connectivity index (χ3v) is 4.53. The molecule has 0 saturated carbocycles. The average molecular weight is 332 g/mol. The van der Waals surface area contributed by atoms with Crippen LogP contribution in [0.1, 0.15) is 17.3 Å². The summed E-state index contributed by atoms with van der Waals surface area (Å²) in [6.07, 6.45) is 0. The van der Waals surface area contributed by atoms with Crippen molar-refractivity contribution in [3.8, 4) is 0 Å². The van der Waals surface area contributed by atoms with E-state index >= 15 is 0 Å². The van der Waals surface area contributed by atoms with Crippen molar-refractivity contribution in [1.29, 1.82) is 0 Å². The Morgan fingerprint density at radius 1 is 1.25 bits per heavy atom. The van der Waals surface area contributed by atoms with Crippen LogP contribution >= 0.6 is 0 Å². The van der Waals surface area contributed by atoms with Crippen LogP contribution in [0.4, 0.5) is 10.5 Å². The molecule has 130 valence electrons. The largest absolute Gasteiger partial charge is 0.379 e. The highest BCUT2D eigenvalue weighted by Crippen LogP contribution is 2.17. The molecule has 1 atom stereocenters. The van der Waals surface area contributed by atoms with Crippen molar-refractivity contribution in [3.63, 3.8) is 0 Å². The quantitative estimate of drug-likeness (QED) is 0.831. The zero-order valence-corrected chi connectivity index (χ0v) is 14.0. The Kier molecular flexibility index (Phi) is 5.32. The average Bonchev–Trinajstić information content (AvgIpc) is 3.06. The second-order valence-corrected chi connectivity index (χ2v) is 6.14. The van der Waals surface area contributed by atoms with E-state index in [2.05, 4.69) is 22.5 Å². The predicted octanol–water partition coefficient (Wildman–Crippen LogP) is 0.667. The van der Waals surface area contributed by atoms with E-state index in [4.69, 9.17) is 4.74 Å². The number of rotatable bonds is 5. The summed E-state index contributed by atoms with van der Waals surface area (Å²) in [5.74, 6) is -0.0902. The lowest BCUT2D eigenvalue weighted by atomic mass is 10.1. The summed E-state index contributed by atoms with van der Waals surface area (Å²) < 4.78 is 5.34. The molecule has 0 bridgehead atoms. The molecule has 0 spiro atoms. The van der Waals surface area contributed by atoms with E-state index in [0.29, 0.717) is 25.2 Å². The first-order valence-corrected chi connectivity index (χ1v) is 8.40. The van der Waals surface area contributed by atoms with E-state index in [1.807, 2.05) is 12.1 Å². The van der Waals surface area contributed by atoms with Crippen LogP contribution in [-0.2, 0) is 4.74 Å². The van der Waals surface area contributed by atoms with Gasteiger partial charge in [-0.25, -0.2) is 4.79 Å². The van der Waals surface area contributed by atoms with Crippen LogP contribution in [0.5, 0.6) is 0 Å². The molecule has 24 heavy (non-hydrogen) atoms. The molecule has 2 saturated heterocycles. The van der Waals surface area contributed by atoms with Crippen LogP contribution in [0.15, 0.2) is 24.3 Å². The minimum Gasteiger partial charge on any atom is -0.379 e. The fraction of sp³-hybridized carbons (Fsp3) is 0.529. The van der Waals surface area contributed by atoms with Crippen LogP contribution in [0.2, 0.25) is 0 Å². The molecule has 3 amide bonds. The molecule has 7 nitrogen and oxygen atoms in total. The molecule has 1 aromatic carbocycles. The van der Waals surface area contributed by atoms with Crippen molar-refractivity contribution in [2.45, 2.75) is 13.0 Å². The van der Waals surface area contributed by atoms with E-state index in [9.17, 15) is 9.59 Å². The number of carbonyl (C=O) groups is 2. The molecule has 1 aromatic rings. The van der Waals surface area contributed by atoms with Gasteiger partial charge in [-0.2, -0.15) is 0 Å². The number of morpholine rings is 1. The van der Waals surface area contributed by atoms with Gasteiger partial charge in [-0.1, -0.05) is 0 Å². The Labute approximate surface area is 141 Å². The van der Waals surface area contributed by atoms with Gasteiger partial charge in [0.2, 0.25) is 0 Å². The van der Waals surface area contributed by atoms with Gasteiger partial charge in [0.1, 0.15) is 0 Å². The van der Waals surface area contributed by atoms with E-state index in [1.165, 1.54) is 0 Å². The van der Waals surface area contributed by atoms with Crippen molar-refractivity contribution < 1.29 is 14.3 Å². The molecular weight excluding hydrogens is 308 g/mol. The van der Waals surface area contributed by atoms with Crippen LogP contribution in [0.3, 0.4) is 0 Å². The molecule has 2 aliphatic heterocycles. The number of anilines is 1. The van der Waals surface area contributed by atoms with Crippen molar-refractivity contribution >= 4 is 17.6 Å². The molecule has 3 rings (SSSR count). The smallest absolute Gasteiger partial charge is 0.321 e. The molecule has 7 heteroatoms. The number of hydrogen-bond acceptors (Lipinski definition) is 4. The second kappa shape index (κ2) is 7.63. The molecule has 2 heterocycles. The van der Waals surface area contributed by atoms with Gasteiger partial charge in [0, 0.05) is 50.0 Å². The first-order valence-electron chi connectivity index (χ1n) is 8.40. The summed E-state index contributed by atoms with van der Waals surface area (Å²) in [7, 11) is 0. The third kappa shape index (κ3) is 3.85. The maximum Gasteiger partial charge on any atom is 0.321 e. The van der Waals surface area contributed by atoms with Gasteiger partial charge in [-0.3, -0.25) is 14.6 Å². The lowest BCUT2D eigenvalue weighted by Crippen LogP contribution is -2.47. The third-order valence-electron chi connectivity index (χ3n) is 4.53. The Morgan fingerprint density at radius 2 is 1.96 bits per heavy atom. The van der Waals surface area contributed by atoms with Gasteiger partial charge in [-0.05, 0) is 31.2 Å². The van der Waals surface area contributed by atoms with Crippen molar-refractivity contribution in [2.75, 3.05) is 50.8 Å². The topological polar surface area (TPSA) is 73.9 Å². The molecular formula is C17H24N4O3. The molecule has 0 aliphatic carbocycles. The zero-order valence-electron chi connectivity index (χ0n) is 14.0. The number of benzene rings is 1. The van der Waals surface area contributed by atoms with Crippen LogP contribution < -0.4 is 15.5 Å². The highest BCUT2D eigenvalue weighted by atomic mass is 16.5. The maximum absolute atomic E-state index is 12.3. The summed E-state index contributed by atoms with van der Waals surface area (Å²) in [6.45, 7) is 7.35. The molecule has 2 N–H and O–H groups in total. The van der Waals surface area contributed by atoms with Crippen LogP contribution in [-0.4, -0.2) is 68.8 Å². The summed E-state index contributed by atoms with van der Waals surface area (Å²) in [5, 5.41) is 5.74. The fourth-order valence-electron chi connectivity index (χ4n) is 3.00. The van der Waals surface area contributed by atoms with Crippen LogP contribution in [0.25, 0.3) is 0 Å². The van der Waals surface area contributed by atoms with Gasteiger partial charge in [-0.15, -0.1) is 0 Å². The van der Waals surface area contributed by atoms with E-state index in [1.54, 1.807) is 17.0 Å². The number of nitrogens with one attached hydrogen (secondary N) is 2. The summed E-state index contributed by atoms with van der Waals surface area (Å²) >= 11 is 0. The summed E-state index contributed by atoms with van der Waals surface area (Å²) in [4.78, 5) is 27.9. The molecule has 2 fully saturated rings.